The van der Waals surface area contributed by atoms with Crippen LogP contribution in [-0.2, 0) is 17.8 Å². The molecule has 25 heavy (non-hydrogen) atoms. The Bertz CT molecular complexity index is 891. The molecule has 3 rings (SSSR count). The van der Waals surface area contributed by atoms with E-state index in [0.29, 0.717) is 28.8 Å². The SMILES string of the molecule is Cc1cc(CC(=O)O)nn1-c1cc(Cl)ccc1OCc1ccccc1. The van der Waals surface area contributed by atoms with Gasteiger partial charge in [0.1, 0.15) is 18.0 Å². The molecule has 0 aliphatic carbocycles. The third-order valence-corrected chi connectivity index (χ3v) is 3.89. The predicted octanol–water partition coefficient (Wildman–Crippen LogP) is 4.04. The number of aryl methyl sites for hydroxylation is 1. The van der Waals surface area contributed by atoms with Crippen LogP contribution in [0.15, 0.2) is 54.6 Å². The smallest absolute Gasteiger partial charge is 0.309 e. The average molecular weight is 357 g/mol. The second-order valence-electron chi connectivity index (χ2n) is 5.65. The number of hydrogen-bond acceptors (Lipinski definition) is 3. The molecule has 0 bridgehead atoms. The van der Waals surface area contributed by atoms with Gasteiger partial charge in [-0.3, -0.25) is 4.79 Å². The van der Waals surface area contributed by atoms with Gasteiger partial charge in [0, 0.05) is 10.7 Å². The van der Waals surface area contributed by atoms with Crippen molar-refractivity contribution in [3.8, 4) is 11.4 Å². The summed E-state index contributed by atoms with van der Waals surface area (Å²) < 4.78 is 7.60. The van der Waals surface area contributed by atoms with Crippen LogP contribution in [0.3, 0.4) is 0 Å². The van der Waals surface area contributed by atoms with Crippen molar-refractivity contribution in [1.82, 2.24) is 9.78 Å². The topological polar surface area (TPSA) is 64.3 Å². The number of nitrogens with zero attached hydrogens (tertiary/aromatic N) is 2. The van der Waals surface area contributed by atoms with Gasteiger partial charge in [0.05, 0.1) is 12.1 Å². The van der Waals surface area contributed by atoms with E-state index < -0.39 is 5.97 Å². The highest BCUT2D eigenvalue weighted by Gasteiger charge is 2.14. The summed E-state index contributed by atoms with van der Waals surface area (Å²) in [6.07, 6.45) is -0.130. The summed E-state index contributed by atoms with van der Waals surface area (Å²) in [6, 6.07) is 16.9. The second kappa shape index (κ2) is 7.40. The molecule has 1 N–H and O–H groups in total. The molecule has 1 aromatic heterocycles. The van der Waals surface area contributed by atoms with Crippen molar-refractivity contribution in [2.45, 2.75) is 20.0 Å². The summed E-state index contributed by atoms with van der Waals surface area (Å²) in [5.74, 6) is -0.294. The lowest BCUT2D eigenvalue weighted by Crippen LogP contribution is -2.06. The summed E-state index contributed by atoms with van der Waals surface area (Å²) in [5.41, 5.74) is 3.02. The average Bonchev–Trinajstić information content (AvgIpc) is 2.94. The number of aliphatic carboxylic acids is 1. The van der Waals surface area contributed by atoms with Crippen LogP contribution in [0.5, 0.6) is 5.75 Å². The first-order valence-electron chi connectivity index (χ1n) is 7.77. The Hall–Kier alpha value is -2.79. The normalized spacial score (nSPS) is 10.6. The minimum absolute atomic E-state index is 0.130. The quantitative estimate of drug-likeness (QED) is 0.724. The third-order valence-electron chi connectivity index (χ3n) is 3.66. The number of carboxylic acid groups (broad SMARTS) is 1. The molecule has 0 unspecified atom stereocenters. The molecule has 0 aliphatic rings. The number of benzene rings is 2. The van der Waals surface area contributed by atoms with Gasteiger partial charge in [0.15, 0.2) is 0 Å². The van der Waals surface area contributed by atoms with E-state index in [1.807, 2.05) is 37.3 Å². The molecule has 0 saturated heterocycles. The fraction of sp³-hybridized carbons (Fsp3) is 0.158. The molecule has 6 heteroatoms. The lowest BCUT2D eigenvalue weighted by Gasteiger charge is -2.13. The van der Waals surface area contributed by atoms with Gasteiger partial charge in [-0.1, -0.05) is 41.9 Å². The Morgan fingerprint density at radius 2 is 1.96 bits per heavy atom. The van der Waals surface area contributed by atoms with E-state index in [4.69, 9.17) is 21.4 Å². The van der Waals surface area contributed by atoms with Gasteiger partial charge in [0.25, 0.3) is 0 Å². The molecule has 0 aliphatic heterocycles. The molecule has 5 nitrogen and oxygen atoms in total. The summed E-state index contributed by atoms with van der Waals surface area (Å²) in [4.78, 5) is 10.9. The molecule has 0 saturated carbocycles. The second-order valence-corrected chi connectivity index (χ2v) is 6.08. The molecular weight excluding hydrogens is 340 g/mol. The molecule has 1 heterocycles. The standard InChI is InChI=1S/C19H17ClN2O3/c1-13-9-16(11-19(23)24)21-22(13)17-10-15(20)7-8-18(17)25-12-14-5-3-2-4-6-14/h2-10H,11-12H2,1H3,(H,23,24). The number of hydrogen-bond donors (Lipinski definition) is 1. The molecule has 2 aromatic carbocycles. The van der Waals surface area contributed by atoms with Crippen molar-refractivity contribution in [2.75, 3.05) is 0 Å². The van der Waals surface area contributed by atoms with Crippen molar-refractivity contribution in [3.63, 3.8) is 0 Å². The van der Waals surface area contributed by atoms with Crippen molar-refractivity contribution in [3.05, 3.63) is 76.6 Å². The first-order valence-corrected chi connectivity index (χ1v) is 8.15. The number of ether oxygens (including phenoxy) is 1. The zero-order chi connectivity index (χ0) is 17.8. The number of carbonyl (C=O) groups is 1. The van der Waals surface area contributed by atoms with Gasteiger partial charge >= 0.3 is 5.97 Å². The van der Waals surface area contributed by atoms with Crippen LogP contribution in [0, 0.1) is 6.92 Å². The van der Waals surface area contributed by atoms with Gasteiger partial charge in [-0.15, -0.1) is 0 Å². The number of rotatable bonds is 6. The number of carboxylic acids is 1. The van der Waals surface area contributed by atoms with Crippen molar-refractivity contribution >= 4 is 17.6 Å². The van der Waals surface area contributed by atoms with E-state index in [0.717, 1.165) is 11.3 Å². The zero-order valence-corrected chi connectivity index (χ0v) is 14.4. The first-order chi connectivity index (χ1) is 12.0. The van der Waals surface area contributed by atoms with Crippen LogP contribution in [-0.4, -0.2) is 20.9 Å². The van der Waals surface area contributed by atoms with Gasteiger partial charge in [0.2, 0.25) is 0 Å². The molecule has 128 valence electrons. The Morgan fingerprint density at radius 3 is 2.68 bits per heavy atom. The Morgan fingerprint density at radius 1 is 1.20 bits per heavy atom. The fourth-order valence-electron chi connectivity index (χ4n) is 2.54. The zero-order valence-electron chi connectivity index (χ0n) is 13.6. The molecular formula is C19H17ClN2O3. The fourth-order valence-corrected chi connectivity index (χ4v) is 2.70. The lowest BCUT2D eigenvalue weighted by atomic mass is 10.2. The van der Waals surface area contributed by atoms with E-state index >= 15 is 0 Å². The maximum Gasteiger partial charge on any atom is 0.309 e. The molecule has 3 aromatic rings. The largest absolute Gasteiger partial charge is 0.487 e. The van der Waals surface area contributed by atoms with Crippen molar-refractivity contribution < 1.29 is 14.6 Å². The van der Waals surface area contributed by atoms with Crippen LogP contribution in [0.2, 0.25) is 5.02 Å². The lowest BCUT2D eigenvalue weighted by molar-refractivity contribution is -0.136. The van der Waals surface area contributed by atoms with Gasteiger partial charge in [-0.05, 0) is 36.8 Å². The minimum atomic E-state index is -0.920. The summed E-state index contributed by atoms with van der Waals surface area (Å²) in [5, 5.41) is 13.9. The molecule has 0 spiro atoms. The van der Waals surface area contributed by atoms with Crippen LogP contribution < -0.4 is 4.74 Å². The van der Waals surface area contributed by atoms with E-state index in [-0.39, 0.29) is 6.42 Å². The number of halogens is 1. The highest BCUT2D eigenvalue weighted by Crippen LogP contribution is 2.28. The number of aromatic nitrogens is 2. The van der Waals surface area contributed by atoms with Crippen molar-refractivity contribution in [2.24, 2.45) is 0 Å². The molecule has 0 radical (unpaired) electrons. The maximum absolute atomic E-state index is 10.9. The van der Waals surface area contributed by atoms with Gasteiger partial charge in [-0.2, -0.15) is 5.10 Å². The monoisotopic (exact) mass is 356 g/mol. The van der Waals surface area contributed by atoms with E-state index in [1.165, 1.54) is 0 Å². The Balaban J connectivity index is 1.91. The molecule has 0 amide bonds. The van der Waals surface area contributed by atoms with Crippen LogP contribution in [0.4, 0.5) is 0 Å². The Kier molecular flexibility index (Phi) is 5.05. The van der Waals surface area contributed by atoms with Gasteiger partial charge < -0.3 is 9.84 Å². The molecule has 0 atom stereocenters. The summed E-state index contributed by atoms with van der Waals surface area (Å²) in [6.45, 7) is 2.28. The van der Waals surface area contributed by atoms with Crippen molar-refractivity contribution in [1.29, 1.82) is 0 Å². The summed E-state index contributed by atoms with van der Waals surface area (Å²) >= 11 is 6.14. The van der Waals surface area contributed by atoms with Crippen LogP contribution >= 0.6 is 11.6 Å². The highest BCUT2D eigenvalue weighted by atomic mass is 35.5. The molecule has 0 fully saturated rings. The van der Waals surface area contributed by atoms with Gasteiger partial charge in [-0.25, -0.2) is 4.68 Å². The minimum Gasteiger partial charge on any atom is -0.487 e. The van der Waals surface area contributed by atoms with E-state index in [1.54, 1.807) is 28.9 Å². The van der Waals surface area contributed by atoms with Crippen LogP contribution in [0.1, 0.15) is 17.0 Å². The highest BCUT2D eigenvalue weighted by molar-refractivity contribution is 6.30. The predicted molar refractivity (Wildman–Crippen MR) is 95.4 cm³/mol. The maximum atomic E-state index is 10.9. The summed E-state index contributed by atoms with van der Waals surface area (Å²) in [7, 11) is 0. The van der Waals surface area contributed by atoms with E-state index in [9.17, 15) is 4.79 Å². The first kappa shape index (κ1) is 17.0. The van der Waals surface area contributed by atoms with E-state index in [2.05, 4.69) is 5.10 Å². The van der Waals surface area contributed by atoms with Crippen LogP contribution in [0.25, 0.3) is 5.69 Å². The Labute approximate surface area is 150 Å². The third kappa shape index (κ3) is 4.19.